The average molecular weight is 186 g/mol. The van der Waals surface area contributed by atoms with Crippen LogP contribution in [0.5, 0.6) is 0 Å². The van der Waals surface area contributed by atoms with E-state index in [1.165, 1.54) is 0 Å². The van der Waals surface area contributed by atoms with E-state index in [2.05, 4.69) is 5.73 Å². The standard InChI is InChI=1S/C2H5NO.2C2H6.4CH4.H/c3-1-2-4;2*1-2;;;;;/h2H,1,3H2;2*1-2H3;4*1H4;/q;;;;;;;-1/i;1D;;;;;;1+1. The van der Waals surface area contributed by atoms with Gasteiger partial charge in [0.2, 0.25) is 0 Å². The molecular weight excluding hydrogens is 150 g/mol. The lowest BCUT2D eigenvalue weighted by Gasteiger charge is -1.55. The molecule has 0 aliphatic heterocycles. The molecule has 0 spiro atoms. The molecule has 0 aliphatic carbocycles. The zero-order chi connectivity index (χ0) is 8.12. The van der Waals surface area contributed by atoms with Crippen molar-refractivity contribution in [1.82, 2.24) is 0 Å². The van der Waals surface area contributed by atoms with Crippen LogP contribution >= 0.6 is 0 Å². The Morgan fingerprint density at radius 2 is 1.33 bits per heavy atom. The van der Waals surface area contributed by atoms with Gasteiger partial charge in [-0.2, -0.15) is 0 Å². The number of carbonyl (C=O) groups excluding carboxylic acids is 1. The molecule has 0 bridgehead atoms. The molecule has 12 heavy (non-hydrogen) atoms. The van der Waals surface area contributed by atoms with E-state index >= 15 is 0 Å². The van der Waals surface area contributed by atoms with Crippen LogP contribution in [0.2, 0.25) is 0 Å². The maximum Gasteiger partial charge on any atom is 0.133 e. The minimum absolute atomic E-state index is 0. The van der Waals surface area contributed by atoms with Crippen molar-refractivity contribution in [3.63, 3.8) is 0 Å². The van der Waals surface area contributed by atoms with Crippen LogP contribution in [0.15, 0.2) is 0 Å². The summed E-state index contributed by atoms with van der Waals surface area (Å²) in [7, 11) is 0. The van der Waals surface area contributed by atoms with Crippen molar-refractivity contribution >= 4 is 6.29 Å². The highest BCUT2D eigenvalue weighted by Gasteiger charge is 1.51. The Morgan fingerprint density at radius 3 is 1.33 bits per heavy atom. The second-order valence-electron chi connectivity index (χ2n) is 0.402. The van der Waals surface area contributed by atoms with Crippen LogP contribution in [0.25, 0.3) is 0 Å². The third kappa shape index (κ3) is 1810. The van der Waals surface area contributed by atoms with E-state index in [1.54, 1.807) is 6.92 Å². The molecule has 2 heteroatoms. The van der Waals surface area contributed by atoms with Gasteiger partial charge in [-0.1, -0.05) is 57.4 Å². The first-order valence-electron chi connectivity index (χ1n) is 3.47. The Morgan fingerprint density at radius 1 is 1.25 bits per heavy atom. The van der Waals surface area contributed by atoms with Gasteiger partial charge in [0, 0.05) is 7.92 Å². The van der Waals surface area contributed by atoms with Gasteiger partial charge in [-0.05, 0) is 0 Å². The third-order valence-corrected chi connectivity index (χ3v) is 0.0962. The molecule has 86 valence electrons. The van der Waals surface area contributed by atoms with Crippen molar-refractivity contribution in [3.05, 3.63) is 0 Å². The predicted molar refractivity (Wildman–Crippen MR) is 65.9 cm³/mol. The molecule has 0 aromatic heterocycles. The summed E-state index contributed by atoms with van der Waals surface area (Å²) < 4.78 is 6.21. The molecule has 0 amide bonds. The molecule has 0 atom stereocenters. The van der Waals surface area contributed by atoms with Gasteiger partial charge in [0.1, 0.15) is 6.29 Å². The van der Waals surface area contributed by atoms with Crippen molar-refractivity contribution in [2.45, 2.75) is 57.4 Å². The minimum atomic E-state index is 0. The SMILES string of the molecule is C.C.C.C.CC.NCC=O.[2H-].[2H]CC. The monoisotopic (exact) mass is 186 g/mol. The molecule has 0 rings (SSSR count). The molecule has 0 aromatic carbocycles. The van der Waals surface area contributed by atoms with Crippen molar-refractivity contribution in [2.75, 3.05) is 6.54 Å². The topological polar surface area (TPSA) is 43.1 Å². The van der Waals surface area contributed by atoms with E-state index in [-0.39, 0.29) is 37.7 Å². The summed E-state index contributed by atoms with van der Waals surface area (Å²) in [5, 5.41) is 0. The fourth-order valence-corrected chi connectivity index (χ4v) is 0. The Bertz CT molecular complexity index is 39.3. The number of hydrogen-bond donors (Lipinski definition) is 1. The summed E-state index contributed by atoms with van der Waals surface area (Å²) in [5.41, 5.74) is 4.66. The van der Waals surface area contributed by atoms with Crippen LogP contribution in [0.4, 0.5) is 0 Å². The maximum absolute atomic E-state index is 9.05. The lowest BCUT2D eigenvalue weighted by atomic mass is 10.8. The van der Waals surface area contributed by atoms with E-state index in [1.807, 2.05) is 13.8 Å². The third-order valence-electron chi connectivity index (χ3n) is 0.0962. The normalized spacial score (nSPS) is 4.17. The Labute approximate surface area is 84.4 Å². The number of nitrogens with two attached hydrogens (primary N) is 1. The molecular formula is C10H34NO-. The maximum atomic E-state index is 9.05. The first-order valence-corrected chi connectivity index (χ1v) is 2.76. The van der Waals surface area contributed by atoms with Gasteiger partial charge < -0.3 is 12.0 Å². The van der Waals surface area contributed by atoms with Crippen LogP contribution in [0.1, 0.15) is 60.2 Å². The molecule has 0 radical (unpaired) electrons. The van der Waals surface area contributed by atoms with E-state index in [0.717, 1.165) is 0 Å². The van der Waals surface area contributed by atoms with Gasteiger partial charge in [-0.25, -0.2) is 0 Å². The van der Waals surface area contributed by atoms with E-state index < -0.39 is 0 Å². The lowest BCUT2D eigenvalue weighted by Crippen LogP contribution is -1.97. The fraction of sp³-hybridized carbons (Fsp3) is 0.900. The van der Waals surface area contributed by atoms with Crippen molar-refractivity contribution in [3.8, 4) is 0 Å². The molecule has 0 saturated carbocycles. The Balaban J connectivity index is -0.00000000565. The lowest BCUT2D eigenvalue weighted by molar-refractivity contribution is -0.106. The zero-order valence-electron chi connectivity index (χ0n) is 7.98. The predicted octanol–water partition coefficient (Wildman–Crippen LogP) is 3.85. The summed E-state index contributed by atoms with van der Waals surface area (Å²) in [4.78, 5) is 9.05. The molecule has 0 aromatic rings. The zero-order valence-corrected chi connectivity index (χ0v) is 5.98. The van der Waals surface area contributed by atoms with Gasteiger partial charge in [-0.3, -0.25) is 0 Å². The molecule has 2 nitrogen and oxygen atoms in total. The number of hydrogen-bond acceptors (Lipinski definition) is 2. The number of aldehydes is 1. The molecule has 0 aliphatic rings. The highest BCUT2D eigenvalue weighted by Crippen LogP contribution is 1.18. The van der Waals surface area contributed by atoms with Crippen LogP contribution in [0, 0.1) is 0 Å². The number of rotatable bonds is 1. The smallest absolute Gasteiger partial charge is 0.133 e. The van der Waals surface area contributed by atoms with Crippen LogP contribution in [-0.4, -0.2) is 12.8 Å². The molecule has 0 saturated heterocycles. The Hall–Kier alpha value is -0.370. The molecule has 2 N–H and O–H groups in total. The summed E-state index contributed by atoms with van der Waals surface area (Å²) in [6.45, 7) is 6.43. The summed E-state index contributed by atoms with van der Waals surface area (Å²) in [6.07, 6.45) is 0.653. The summed E-state index contributed by atoms with van der Waals surface area (Å²) in [6, 6.07) is 0. The van der Waals surface area contributed by atoms with Gasteiger partial charge in [-0.15, -0.1) is 0 Å². The van der Waals surface area contributed by atoms with Crippen LogP contribution < -0.4 is 5.73 Å². The van der Waals surface area contributed by atoms with Crippen molar-refractivity contribution in [2.24, 2.45) is 5.73 Å². The van der Waals surface area contributed by atoms with Crippen molar-refractivity contribution in [1.29, 1.82) is 0 Å². The highest BCUT2D eigenvalue weighted by atomic mass is 16.1. The minimum Gasteiger partial charge on any atom is -1.00 e. The largest absolute Gasteiger partial charge is 1.00 e. The fourth-order valence-electron chi connectivity index (χ4n) is 0. The van der Waals surface area contributed by atoms with Gasteiger partial charge in [0.15, 0.2) is 0 Å². The molecule has 0 unspecified atom stereocenters. The van der Waals surface area contributed by atoms with Gasteiger partial charge >= 0.3 is 0 Å². The Kier molecular flexibility index (Phi) is 1280. The average Bonchev–Trinajstić information content (AvgIpc) is 1.94. The van der Waals surface area contributed by atoms with E-state index in [0.29, 0.717) is 13.2 Å². The van der Waals surface area contributed by atoms with Crippen LogP contribution in [0.3, 0.4) is 0 Å². The van der Waals surface area contributed by atoms with Crippen molar-refractivity contribution < 1.29 is 7.59 Å². The molecule has 0 heterocycles. The summed E-state index contributed by atoms with van der Waals surface area (Å²) in [5.74, 6) is 0. The van der Waals surface area contributed by atoms with E-state index in [9.17, 15) is 0 Å². The first-order chi connectivity index (χ1) is 4.33. The van der Waals surface area contributed by atoms with Gasteiger partial charge in [0.25, 0.3) is 0 Å². The number of carbonyl (C=O) groups is 1. The first kappa shape index (κ1) is 41.5. The van der Waals surface area contributed by atoms with E-state index in [4.69, 9.17) is 6.17 Å². The second kappa shape index (κ2) is 371. The highest BCUT2D eigenvalue weighted by molar-refractivity contribution is 5.51. The molecule has 0 fully saturated rings. The quantitative estimate of drug-likeness (QED) is 0.632. The van der Waals surface area contributed by atoms with Gasteiger partial charge in [0.05, 0.1) is 0 Å². The van der Waals surface area contributed by atoms with Crippen LogP contribution in [-0.2, 0) is 4.79 Å². The summed E-state index contributed by atoms with van der Waals surface area (Å²) >= 11 is 0. The second-order valence-corrected chi connectivity index (χ2v) is 0.402.